The molecular weight excluding hydrogens is 474 g/mol. The predicted octanol–water partition coefficient (Wildman–Crippen LogP) is 5.72. The van der Waals surface area contributed by atoms with Crippen molar-refractivity contribution in [2.24, 2.45) is 0 Å². The molecule has 2 aromatic carbocycles. The minimum absolute atomic E-state index is 0.0959. The molecule has 5 rings (SSSR count). The Kier molecular flexibility index (Phi) is 6.05. The maximum Gasteiger partial charge on any atom is 0.259 e. The van der Waals surface area contributed by atoms with Gasteiger partial charge in [-0.1, -0.05) is 53.7 Å². The summed E-state index contributed by atoms with van der Waals surface area (Å²) >= 11 is 9.15. The fourth-order valence-electron chi connectivity index (χ4n) is 3.64. The molecule has 3 aromatic heterocycles. The Labute approximate surface area is 203 Å². The zero-order valence-corrected chi connectivity index (χ0v) is 20.4. The summed E-state index contributed by atoms with van der Waals surface area (Å²) in [6.07, 6.45) is 0.645. The van der Waals surface area contributed by atoms with E-state index < -0.39 is 0 Å². The van der Waals surface area contributed by atoms with Crippen LogP contribution in [0.5, 0.6) is 0 Å². The van der Waals surface area contributed by atoms with E-state index in [1.807, 2.05) is 60.9 Å². The summed E-state index contributed by atoms with van der Waals surface area (Å²) in [5, 5.41) is 11.0. The lowest BCUT2D eigenvalue weighted by molar-refractivity contribution is 0.846. The van der Waals surface area contributed by atoms with Gasteiger partial charge in [0.1, 0.15) is 16.5 Å². The topological polar surface area (TPSA) is 76.5 Å². The summed E-state index contributed by atoms with van der Waals surface area (Å²) in [7, 11) is 0. The minimum Gasteiger partial charge on any atom is -0.309 e. The van der Waals surface area contributed by atoms with E-state index in [0.29, 0.717) is 28.4 Å². The second-order valence-corrected chi connectivity index (χ2v) is 10.2. The molecule has 0 fully saturated rings. The van der Waals surface area contributed by atoms with Crippen LogP contribution in [0.3, 0.4) is 0 Å². The largest absolute Gasteiger partial charge is 0.309 e. The fourth-order valence-corrected chi connectivity index (χ4v) is 5.65. The Hall–Kier alpha value is -2.94. The zero-order chi connectivity index (χ0) is 22.9. The van der Waals surface area contributed by atoms with Gasteiger partial charge in [-0.15, -0.1) is 21.5 Å². The van der Waals surface area contributed by atoms with E-state index >= 15 is 0 Å². The Morgan fingerprint density at radius 1 is 1.06 bits per heavy atom. The first-order chi connectivity index (χ1) is 16.0. The van der Waals surface area contributed by atoms with Gasteiger partial charge >= 0.3 is 0 Å². The van der Waals surface area contributed by atoms with Gasteiger partial charge in [0.15, 0.2) is 5.16 Å². The summed E-state index contributed by atoms with van der Waals surface area (Å²) < 4.78 is 2.03. The third-order valence-corrected chi connectivity index (χ3v) is 7.71. The van der Waals surface area contributed by atoms with Crippen molar-refractivity contribution in [1.29, 1.82) is 0 Å². The van der Waals surface area contributed by atoms with Crippen molar-refractivity contribution in [3.8, 4) is 5.69 Å². The van der Waals surface area contributed by atoms with Crippen LogP contribution in [0.4, 0.5) is 0 Å². The fraction of sp³-hybridized carbons (Fsp3) is 0.167. The van der Waals surface area contributed by atoms with E-state index in [-0.39, 0.29) is 5.56 Å². The monoisotopic (exact) mass is 493 g/mol. The number of halogens is 1. The highest BCUT2D eigenvalue weighted by molar-refractivity contribution is 7.98. The number of nitrogens with one attached hydrogen (secondary N) is 1. The lowest BCUT2D eigenvalue weighted by Crippen LogP contribution is -2.11. The molecular formula is C24H20ClN5OS2. The summed E-state index contributed by atoms with van der Waals surface area (Å²) in [5.74, 6) is 1.92. The smallest absolute Gasteiger partial charge is 0.259 e. The molecule has 9 heteroatoms. The number of benzene rings is 2. The summed E-state index contributed by atoms with van der Waals surface area (Å²) in [4.78, 5) is 22.1. The predicted molar refractivity (Wildman–Crippen MR) is 135 cm³/mol. The number of thiophene rings is 1. The highest BCUT2D eigenvalue weighted by atomic mass is 35.5. The average Bonchev–Trinajstić information content (AvgIpc) is 3.33. The van der Waals surface area contributed by atoms with E-state index in [2.05, 4.69) is 32.3 Å². The summed E-state index contributed by atoms with van der Waals surface area (Å²) in [5.41, 5.74) is 2.98. The number of nitrogens with zero attached hydrogens (tertiary/aromatic N) is 4. The van der Waals surface area contributed by atoms with Crippen LogP contribution in [0.1, 0.15) is 27.7 Å². The van der Waals surface area contributed by atoms with Crippen LogP contribution >= 0.6 is 34.7 Å². The maximum atomic E-state index is 12.6. The van der Waals surface area contributed by atoms with Gasteiger partial charge in [0.25, 0.3) is 5.56 Å². The van der Waals surface area contributed by atoms with E-state index in [0.717, 1.165) is 37.5 Å². The Balaban J connectivity index is 1.48. The summed E-state index contributed by atoms with van der Waals surface area (Å²) in [6.45, 7) is 3.97. The van der Waals surface area contributed by atoms with Gasteiger partial charge in [0.2, 0.25) is 0 Å². The third-order valence-electron chi connectivity index (χ3n) is 5.42. The molecule has 0 aliphatic heterocycles. The molecule has 166 valence electrons. The van der Waals surface area contributed by atoms with Gasteiger partial charge in [-0.3, -0.25) is 9.36 Å². The number of aryl methyl sites for hydroxylation is 2. The molecule has 0 aliphatic rings. The Morgan fingerprint density at radius 3 is 2.58 bits per heavy atom. The Bertz CT molecular complexity index is 1490. The number of rotatable bonds is 6. The SMILES string of the molecule is Cc1sc2nc(CSc3nnc(Cc4ccccc4)n3-c3ccc(Cl)cc3)[nH]c(=O)c2c1C. The molecule has 6 nitrogen and oxygen atoms in total. The highest BCUT2D eigenvalue weighted by Crippen LogP contribution is 2.29. The van der Waals surface area contributed by atoms with E-state index in [1.165, 1.54) is 11.8 Å². The summed E-state index contributed by atoms with van der Waals surface area (Å²) in [6, 6.07) is 17.8. The molecule has 0 saturated carbocycles. The first-order valence-electron chi connectivity index (χ1n) is 10.4. The van der Waals surface area contributed by atoms with Crippen molar-refractivity contribution in [3.63, 3.8) is 0 Å². The molecule has 1 N–H and O–H groups in total. The molecule has 33 heavy (non-hydrogen) atoms. The lowest BCUT2D eigenvalue weighted by atomic mass is 10.1. The standard InChI is InChI=1S/C24H20ClN5OS2/c1-14-15(2)33-23-21(14)22(31)26-19(27-23)13-32-24-29-28-20(12-16-6-4-3-5-7-16)30(24)18-10-8-17(25)9-11-18/h3-11H,12-13H2,1-2H3,(H,26,27,31). The van der Waals surface area contributed by atoms with E-state index in [9.17, 15) is 4.79 Å². The zero-order valence-electron chi connectivity index (χ0n) is 18.0. The molecule has 0 atom stereocenters. The molecule has 0 unspecified atom stereocenters. The number of aromatic amines is 1. The number of hydrogen-bond donors (Lipinski definition) is 1. The lowest BCUT2D eigenvalue weighted by Gasteiger charge is -2.10. The highest BCUT2D eigenvalue weighted by Gasteiger charge is 2.17. The second kappa shape index (κ2) is 9.13. The van der Waals surface area contributed by atoms with Crippen molar-refractivity contribution in [2.45, 2.75) is 31.2 Å². The molecule has 5 aromatic rings. The van der Waals surface area contributed by atoms with Gasteiger partial charge in [-0.05, 0) is 49.2 Å². The van der Waals surface area contributed by atoms with Crippen LogP contribution in [0, 0.1) is 13.8 Å². The second-order valence-electron chi connectivity index (χ2n) is 7.64. The minimum atomic E-state index is -0.0959. The van der Waals surface area contributed by atoms with Crippen LogP contribution < -0.4 is 5.56 Å². The van der Waals surface area contributed by atoms with Crippen LogP contribution in [-0.4, -0.2) is 24.7 Å². The molecule has 0 bridgehead atoms. The third kappa shape index (κ3) is 4.46. The van der Waals surface area contributed by atoms with Gasteiger partial charge in [-0.25, -0.2) is 4.98 Å². The molecule has 3 heterocycles. The van der Waals surface area contributed by atoms with Crippen LogP contribution in [0.15, 0.2) is 64.5 Å². The van der Waals surface area contributed by atoms with Crippen molar-refractivity contribution >= 4 is 44.9 Å². The van der Waals surface area contributed by atoms with E-state index in [4.69, 9.17) is 11.6 Å². The van der Waals surface area contributed by atoms with Crippen molar-refractivity contribution < 1.29 is 0 Å². The molecule has 0 saturated heterocycles. The normalized spacial score (nSPS) is 11.4. The molecule has 0 aliphatic carbocycles. The van der Waals surface area contributed by atoms with Crippen molar-refractivity contribution in [2.75, 3.05) is 0 Å². The number of H-pyrrole nitrogens is 1. The first-order valence-corrected chi connectivity index (χ1v) is 12.5. The van der Waals surface area contributed by atoms with E-state index in [1.54, 1.807) is 11.3 Å². The van der Waals surface area contributed by atoms with Crippen molar-refractivity contribution in [3.05, 3.63) is 97.6 Å². The number of hydrogen-bond acceptors (Lipinski definition) is 6. The quantitative estimate of drug-likeness (QED) is 0.306. The van der Waals surface area contributed by atoms with Gasteiger partial charge in [0.05, 0.1) is 11.1 Å². The molecule has 0 radical (unpaired) electrons. The number of thioether (sulfide) groups is 1. The number of fused-ring (bicyclic) bond motifs is 1. The molecule has 0 spiro atoms. The van der Waals surface area contributed by atoms with Crippen LogP contribution in [-0.2, 0) is 12.2 Å². The van der Waals surface area contributed by atoms with Gasteiger partial charge < -0.3 is 4.98 Å². The molecule has 0 amide bonds. The maximum absolute atomic E-state index is 12.6. The number of aromatic nitrogens is 5. The Morgan fingerprint density at radius 2 is 1.82 bits per heavy atom. The first kappa shape index (κ1) is 21.9. The van der Waals surface area contributed by atoms with Crippen LogP contribution in [0.25, 0.3) is 15.9 Å². The van der Waals surface area contributed by atoms with Gasteiger partial charge in [-0.2, -0.15) is 0 Å². The van der Waals surface area contributed by atoms with Gasteiger partial charge in [0, 0.05) is 22.0 Å². The van der Waals surface area contributed by atoms with Crippen molar-refractivity contribution in [1.82, 2.24) is 24.7 Å². The van der Waals surface area contributed by atoms with Crippen LogP contribution in [0.2, 0.25) is 5.02 Å². The average molecular weight is 494 g/mol.